The highest BCUT2D eigenvalue weighted by molar-refractivity contribution is 14.1. The SMILES string of the molecule is BrCCBr.C#N.C1CO1.CBr.CC(Cl)(Cl)Cl.CC(Cl)CCl.CCOC=O.CI.ClCCCl.ClCCl.P.c1ccc2ccccc2c1. The first kappa shape index (κ1) is 70.4. The molecular formula is C28H47Br3Cl9INO3P. The second kappa shape index (κ2) is 73.3. The van der Waals surface area contributed by atoms with Crippen LogP contribution in [0, 0.1) is 11.8 Å². The number of carbonyl (C=O) groups excluding carboxylic acids is 1. The van der Waals surface area contributed by atoms with E-state index in [0.717, 1.165) is 23.9 Å². The second-order valence-corrected chi connectivity index (χ2v) is 13.1. The Hall–Kier alpha value is 2.83. The average molecular weight is 1160 g/mol. The van der Waals surface area contributed by atoms with Crippen LogP contribution in [0.15, 0.2) is 48.5 Å². The van der Waals surface area contributed by atoms with E-state index in [0.29, 0.717) is 30.7 Å². The topological polar surface area (TPSA) is 62.6 Å². The number of alkyl halides is 13. The largest absolute Gasteiger partial charge is 0.468 e. The molecule has 0 bridgehead atoms. The van der Waals surface area contributed by atoms with Crippen molar-refractivity contribution in [2.75, 3.05) is 64.2 Å². The zero-order chi connectivity index (χ0) is 37.4. The third kappa shape index (κ3) is 127. The lowest BCUT2D eigenvalue weighted by atomic mass is 10.1. The van der Waals surface area contributed by atoms with E-state index in [2.05, 4.69) is 135 Å². The second-order valence-electron chi connectivity index (χ2n) is 6.08. The Balaban J connectivity index is -0.0000000489. The molecule has 1 saturated heterocycles. The number of nitrogens with zero attached hydrogens (tertiary/aromatic N) is 1. The summed E-state index contributed by atoms with van der Waals surface area (Å²) in [5, 5.41) is 11.5. The summed E-state index contributed by atoms with van der Waals surface area (Å²) in [7, 11) is 0. The van der Waals surface area contributed by atoms with Crippen molar-refractivity contribution < 1.29 is 14.3 Å². The first-order chi connectivity index (χ1) is 21.4. The van der Waals surface area contributed by atoms with E-state index in [4.69, 9.17) is 110 Å². The van der Waals surface area contributed by atoms with Gasteiger partial charge in [-0.1, -0.05) is 154 Å². The summed E-state index contributed by atoms with van der Waals surface area (Å²) in [5.41, 5.74) is 0. The van der Waals surface area contributed by atoms with Crippen molar-refractivity contribution in [2.24, 2.45) is 0 Å². The summed E-state index contributed by atoms with van der Waals surface area (Å²) in [6, 6.07) is 16.7. The molecule has 2 atom stereocenters. The van der Waals surface area contributed by atoms with Crippen molar-refractivity contribution in [2.45, 2.75) is 29.9 Å². The Morgan fingerprint density at radius 3 is 1.20 bits per heavy atom. The van der Waals surface area contributed by atoms with Crippen molar-refractivity contribution >= 4 is 202 Å². The van der Waals surface area contributed by atoms with Gasteiger partial charge < -0.3 is 9.47 Å². The van der Waals surface area contributed by atoms with Crippen molar-refractivity contribution in [3.05, 3.63) is 48.5 Å². The molecule has 2 unspecified atom stereocenters. The Morgan fingerprint density at radius 2 is 1.13 bits per heavy atom. The number of fused-ring (bicyclic) bond motifs is 1. The van der Waals surface area contributed by atoms with Gasteiger partial charge in [0.2, 0.25) is 0 Å². The number of nitriles is 1. The number of benzene rings is 2. The van der Waals surface area contributed by atoms with Crippen molar-refractivity contribution in [1.29, 1.82) is 5.26 Å². The van der Waals surface area contributed by atoms with Gasteiger partial charge in [0, 0.05) is 40.2 Å². The maximum absolute atomic E-state index is 9.18. The van der Waals surface area contributed by atoms with Gasteiger partial charge in [0.25, 0.3) is 6.47 Å². The highest BCUT2D eigenvalue weighted by atomic mass is 127. The Bertz CT molecular complexity index is 681. The van der Waals surface area contributed by atoms with E-state index in [1.165, 1.54) is 17.7 Å². The van der Waals surface area contributed by atoms with Crippen LogP contribution in [0.1, 0.15) is 20.8 Å². The maximum Gasteiger partial charge on any atom is 0.293 e. The van der Waals surface area contributed by atoms with Crippen molar-refractivity contribution in [3.8, 4) is 6.57 Å². The van der Waals surface area contributed by atoms with Gasteiger partial charge in [-0.2, -0.15) is 9.90 Å². The number of epoxide rings is 1. The Labute approximate surface area is 366 Å². The summed E-state index contributed by atoms with van der Waals surface area (Å²) in [6.45, 7) is 11.5. The molecule has 0 amide bonds. The third-order valence-corrected chi connectivity index (χ3v) is 5.66. The van der Waals surface area contributed by atoms with Gasteiger partial charge in [-0.15, -0.1) is 69.6 Å². The predicted octanol–water partition coefficient (Wildman–Crippen LogP) is 14.2. The number of rotatable bonds is 5. The summed E-state index contributed by atoms with van der Waals surface area (Å²) < 4.78 is 7.57. The van der Waals surface area contributed by atoms with Gasteiger partial charge in [-0.3, -0.25) is 4.79 Å². The van der Waals surface area contributed by atoms with Crippen LogP contribution in [0.2, 0.25) is 0 Å². The fourth-order valence-corrected chi connectivity index (χ4v) is 1.20. The number of carbonyl (C=O) groups is 1. The molecule has 1 aliphatic heterocycles. The summed E-state index contributed by atoms with van der Waals surface area (Å²) in [5.74, 6) is 3.47. The molecule has 4 nitrogen and oxygen atoms in total. The van der Waals surface area contributed by atoms with Crippen LogP contribution in [0.5, 0.6) is 0 Å². The minimum absolute atomic E-state index is 0. The number of hydrogen-bond donors (Lipinski definition) is 0. The zero-order valence-corrected chi connectivity index (χ0v) is 41.6. The lowest BCUT2D eigenvalue weighted by Gasteiger charge is -1.94. The lowest BCUT2D eigenvalue weighted by Crippen LogP contribution is -1.87. The molecule has 3 rings (SSSR count). The molecule has 1 aliphatic rings. The van der Waals surface area contributed by atoms with E-state index in [1.54, 1.807) is 6.92 Å². The van der Waals surface area contributed by atoms with Crippen molar-refractivity contribution in [1.82, 2.24) is 0 Å². The minimum Gasteiger partial charge on any atom is -0.468 e. The zero-order valence-electron chi connectivity index (χ0n) is 26.5. The van der Waals surface area contributed by atoms with Gasteiger partial charge in [0.15, 0.2) is 3.79 Å². The molecule has 0 saturated carbocycles. The van der Waals surface area contributed by atoms with E-state index in [-0.39, 0.29) is 20.6 Å². The van der Waals surface area contributed by atoms with E-state index >= 15 is 0 Å². The van der Waals surface area contributed by atoms with Crippen LogP contribution in [-0.4, -0.2) is 79.9 Å². The first-order valence-electron chi connectivity index (χ1n) is 12.1. The van der Waals surface area contributed by atoms with Crippen LogP contribution in [0.3, 0.4) is 0 Å². The van der Waals surface area contributed by atoms with Gasteiger partial charge in [0.1, 0.15) is 0 Å². The average Bonchev–Trinajstić information content (AvgIpc) is 3.95. The first-order valence-corrected chi connectivity index (χ1v) is 22.3. The summed E-state index contributed by atoms with van der Waals surface area (Å²) in [6.07, 6.45) is 0. The minimum atomic E-state index is -1.08. The standard InChI is InChI=1S/C10H8.C3H6Cl2.C3H6O2.C2H4Br2.C2H3Cl3.C2H4Cl2.C2H4O.CH3Br.CH2Cl2.CH3I.CHN.H3P/c1-2-6-10-8-4-3-7-9(10)5-1;1-3(5)2-4;1-2-5-3-4;3-1-2-4;1-2(3,4)5;3-1-2-4;1-2-3-1;1-2;2-1-3;2*1-2;/h1-8H;2*3H,2H2,1H3;1-2H2;1H3;1-2H2;1-2H2;1H3;1H2;1H3;1H;1H3. The molecule has 0 aromatic heterocycles. The third-order valence-electron chi connectivity index (χ3n) is 2.45. The predicted molar refractivity (Wildman–Crippen MR) is 243 cm³/mol. The molecule has 0 N–H and O–H groups in total. The molecule has 46 heavy (non-hydrogen) atoms. The van der Waals surface area contributed by atoms with Crippen LogP contribution in [-0.2, 0) is 14.3 Å². The molecule has 0 radical (unpaired) electrons. The van der Waals surface area contributed by atoms with Crippen LogP contribution < -0.4 is 0 Å². The van der Waals surface area contributed by atoms with Gasteiger partial charge >= 0.3 is 0 Å². The Morgan fingerprint density at radius 1 is 0.913 bits per heavy atom. The maximum atomic E-state index is 9.18. The molecule has 0 spiro atoms. The molecule has 278 valence electrons. The fourth-order valence-electron chi connectivity index (χ4n) is 1.20. The van der Waals surface area contributed by atoms with Crippen LogP contribution in [0.4, 0.5) is 0 Å². The highest BCUT2D eigenvalue weighted by Crippen LogP contribution is 2.23. The van der Waals surface area contributed by atoms with Gasteiger partial charge in [-0.05, 0) is 42.3 Å². The molecule has 18 heteroatoms. The highest BCUT2D eigenvalue weighted by Gasteiger charge is 2.07. The van der Waals surface area contributed by atoms with Crippen LogP contribution in [0.25, 0.3) is 10.8 Å². The molecule has 2 aromatic rings. The van der Waals surface area contributed by atoms with Crippen LogP contribution >= 0.6 is 185 Å². The molecular weight excluding hydrogens is 1110 g/mol. The number of ether oxygens (including phenoxy) is 2. The molecule has 2 aromatic carbocycles. The van der Waals surface area contributed by atoms with Gasteiger partial charge in [0.05, 0.1) is 25.2 Å². The Kier molecular flexibility index (Phi) is 112. The molecule has 1 heterocycles. The smallest absolute Gasteiger partial charge is 0.293 e. The quantitative estimate of drug-likeness (QED) is 0.0984. The van der Waals surface area contributed by atoms with E-state index < -0.39 is 3.79 Å². The van der Waals surface area contributed by atoms with Crippen molar-refractivity contribution in [3.63, 3.8) is 0 Å². The molecule has 0 aliphatic carbocycles. The monoisotopic (exact) mass is 1150 g/mol. The molecule has 1 fully saturated rings. The van der Waals surface area contributed by atoms with E-state index in [9.17, 15) is 4.79 Å². The summed E-state index contributed by atoms with van der Waals surface area (Å²) >= 11 is 56.8. The number of hydrogen-bond acceptors (Lipinski definition) is 4. The van der Waals surface area contributed by atoms with Gasteiger partial charge in [-0.25, -0.2) is 5.26 Å². The number of halogens is 13. The normalized spacial score (nSPS) is 9.39. The summed E-state index contributed by atoms with van der Waals surface area (Å²) in [4.78, 5) is 11.2. The fraction of sp³-hybridized carbons (Fsp3) is 0.571. The van der Waals surface area contributed by atoms with E-state index in [1.807, 2.05) is 17.7 Å². The lowest BCUT2D eigenvalue weighted by molar-refractivity contribution is -0.128.